The number of alkyl halides is 3. The molecule has 2 rings (SSSR count). The minimum Gasteiger partial charge on any atom is -0.490 e. The molecule has 0 N–H and O–H groups in total. The fraction of sp³-hybridized carbons (Fsp3) is 0.444. The molecule has 0 aromatic carbocycles. The zero-order chi connectivity index (χ0) is 12.6. The summed E-state index contributed by atoms with van der Waals surface area (Å²) in [7, 11) is 0. The first kappa shape index (κ1) is 11.6. The predicted octanol–water partition coefficient (Wildman–Crippen LogP) is 2.55. The summed E-state index contributed by atoms with van der Waals surface area (Å²) in [6.07, 6.45) is -3.37. The summed E-state index contributed by atoms with van der Waals surface area (Å²) < 4.78 is 42.4. The van der Waals surface area contributed by atoms with Crippen LogP contribution in [0, 0.1) is 10.1 Å². The largest absolute Gasteiger partial charge is 0.490 e. The van der Waals surface area contributed by atoms with Crippen molar-refractivity contribution in [3.63, 3.8) is 0 Å². The minimum atomic E-state index is -4.73. The van der Waals surface area contributed by atoms with Crippen LogP contribution in [-0.4, -0.2) is 16.0 Å². The fourth-order valence-electron chi connectivity index (χ4n) is 1.18. The molecule has 8 heteroatoms. The number of nitrogens with zero attached hydrogens (tertiary/aromatic N) is 2. The Hall–Kier alpha value is -1.86. The van der Waals surface area contributed by atoms with E-state index in [1.807, 2.05) is 0 Å². The van der Waals surface area contributed by atoms with Gasteiger partial charge in [0, 0.05) is 6.07 Å². The molecule has 0 atom stereocenters. The molecule has 0 radical (unpaired) electrons. The second kappa shape index (κ2) is 3.86. The summed E-state index contributed by atoms with van der Waals surface area (Å²) in [6, 6.07) is 1.57. The maximum absolute atomic E-state index is 12.4. The minimum absolute atomic E-state index is 0.141. The van der Waals surface area contributed by atoms with E-state index in [4.69, 9.17) is 4.74 Å². The molecule has 1 aliphatic rings. The topological polar surface area (TPSA) is 65.3 Å². The van der Waals surface area contributed by atoms with Gasteiger partial charge in [-0.2, -0.15) is 13.2 Å². The van der Waals surface area contributed by atoms with Crippen molar-refractivity contribution in [2.24, 2.45) is 0 Å². The second-order valence-electron chi connectivity index (χ2n) is 3.62. The maximum Gasteiger partial charge on any atom is 0.458 e. The molecular formula is C9H7F3N2O3. The summed E-state index contributed by atoms with van der Waals surface area (Å²) >= 11 is 0. The predicted molar refractivity (Wildman–Crippen MR) is 49.5 cm³/mol. The zero-order valence-electron chi connectivity index (χ0n) is 8.40. The summed E-state index contributed by atoms with van der Waals surface area (Å²) in [5, 5.41) is 10.5. The highest BCUT2D eigenvalue weighted by Crippen LogP contribution is 2.34. The van der Waals surface area contributed by atoms with Gasteiger partial charge in [-0.05, 0) is 22.7 Å². The first-order chi connectivity index (χ1) is 7.86. The SMILES string of the molecule is O=[N+]([O-])c1cc(OC2CC2)cc(C(F)(F)F)n1. The van der Waals surface area contributed by atoms with Crippen LogP contribution in [0.5, 0.6) is 5.75 Å². The molecule has 1 heterocycles. The van der Waals surface area contributed by atoms with Crippen molar-refractivity contribution in [1.29, 1.82) is 0 Å². The first-order valence-corrected chi connectivity index (χ1v) is 4.76. The van der Waals surface area contributed by atoms with Crippen molar-refractivity contribution in [2.45, 2.75) is 25.1 Å². The van der Waals surface area contributed by atoms with E-state index in [-0.39, 0.29) is 11.9 Å². The Morgan fingerprint density at radius 2 is 2.06 bits per heavy atom. The number of halogens is 3. The smallest absolute Gasteiger partial charge is 0.458 e. The van der Waals surface area contributed by atoms with E-state index >= 15 is 0 Å². The van der Waals surface area contributed by atoms with Gasteiger partial charge in [0.2, 0.25) is 0 Å². The number of rotatable bonds is 3. The standard InChI is InChI=1S/C9H7F3N2O3/c10-9(11,12)7-3-6(17-5-1-2-5)4-8(13-7)14(15)16/h3-5H,1-2H2. The van der Waals surface area contributed by atoms with Crippen molar-refractivity contribution in [3.8, 4) is 5.75 Å². The Morgan fingerprint density at radius 3 is 2.53 bits per heavy atom. The molecule has 92 valence electrons. The van der Waals surface area contributed by atoms with Crippen molar-refractivity contribution >= 4 is 5.82 Å². The number of aromatic nitrogens is 1. The molecule has 17 heavy (non-hydrogen) atoms. The Labute approximate surface area is 93.4 Å². The van der Waals surface area contributed by atoms with Crippen LogP contribution in [0.1, 0.15) is 18.5 Å². The van der Waals surface area contributed by atoms with Crippen molar-refractivity contribution < 1.29 is 22.8 Å². The Bertz CT molecular complexity index is 457. The molecule has 0 saturated heterocycles. The average molecular weight is 248 g/mol. The van der Waals surface area contributed by atoms with Gasteiger partial charge in [-0.15, -0.1) is 0 Å². The highest BCUT2D eigenvalue weighted by molar-refractivity contribution is 5.35. The fourth-order valence-corrected chi connectivity index (χ4v) is 1.18. The third kappa shape index (κ3) is 2.83. The van der Waals surface area contributed by atoms with Gasteiger partial charge in [-0.3, -0.25) is 0 Å². The van der Waals surface area contributed by atoms with E-state index in [0.29, 0.717) is 6.07 Å². The van der Waals surface area contributed by atoms with Gasteiger partial charge in [-0.1, -0.05) is 0 Å². The molecule has 0 amide bonds. The summed E-state index contributed by atoms with van der Waals surface area (Å²) in [5.74, 6) is -1.03. The summed E-state index contributed by atoms with van der Waals surface area (Å²) in [5.41, 5.74) is -1.32. The van der Waals surface area contributed by atoms with Crippen LogP contribution in [0.3, 0.4) is 0 Å². The molecule has 0 aliphatic heterocycles. The normalized spacial score (nSPS) is 15.7. The number of pyridine rings is 1. The molecule has 1 fully saturated rings. The van der Waals surface area contributed by atoms with Gasteiger partial charge in [0.05, 0.1) is 12.2 Å². The third-order valence-electron chi connectivity index (χ3n) is 2.09. The Kier molecular flexibility index (Phi) is 2.64. The van der Waals surface area contributed by atoms with Crippen LogP contribution >= 0.6 is 0 Å². The lowest BCUT2D eigenvalue weighted by atomic mass is 10.3. The highest BCUT2D eigenvalue weighted by atomic mass is 19.4. The molecule has 1 aromatic heterocycles. The summed E-state index contributed by atoms with van der Waals surface area (Å²) in [4.78, 5) is 12.4. The number of hydrogen-bond donors (Lipinski definition) is 0. The lowest BCUT2D eigenvalue weighted by Crippen LogP contribution is -2.10. The van der Waals surface area contributed by atoms with Gasteiger partial charge < -0.3 is 14.9 Å². The number of hydrogen-bond acceptors (Lipinski definition) is 4. The van der Waals surface area contributed by atoms with Crippen LogP contribution in [0.2, 0.25) is 0 Å². The zero-order valence-corrected chi connectivity index (χ0v) is 8.40. The quantitative estimate of drug-likeness (QED) is 0.609. The molecular weight excluding hydrogens is 241 g/mol. The monoisotopic (exact) mass is 248 g/mol. The van der Waals surface area contributed by atoms with Crippen LogP contribution < -0.4 is 4.74 Å². The van der Waals surface area contributed by atoms with E-state index < -0.39 is 22.6 Å². The first-order valence-electron chi connectivity index (χ1n) is 4.76. The third-order valence-corrected chi connectivity index (χ3v) is 2.09. The Morgan fingerprint density at radius 1 is 1.41 bits per heavy atom. The molecule has 0 bridgehead atoms. The molecule has 1 aromatic rings. The van der Waals surface area contributed by atoms with Crippen molar-refractivity contribution in [1.82, 2.24) is 4.98 Å². The Balaban J connectivity index is 2.37. The van der Waals surface area contributed by atoms with Crippen LogP contribution in [0.25, 0.3) is 0 Å². The van der Waals surface area contributed by atoms with E-state index in [9.17, 15) is 23.3 Å². The lowest BCUT2D eigenvalue weighted by molar-refractivity contribution is -0.390. The average Bonchev–Trinajstić information content (AvgIpc) is 2.99. The van der Waals surface area contributed by atoms with E-state index in [2.05, 4.69) is 4.98 Å². The van der Waals surface area contributed by atoms with E-state index in [1.54, 1.807) is 0 Å². The number of ether oxygens (including phenoxy) is 1. The highest BCUT2D eigenvalue weighted by Gasteiger charge is 2.39. The van der Waals surface area contributed by atoms with Crippen molar-refractivity contribution in [3.05, 3.63) is 27.9 Å². The van der Waals surface area contributed by atoms with Crippen molar-refractivity contribution in [2.75, 3.05) is 0 Å². The molecule has 0 spiro atoms. The van der Waals surface area contributed by atoms with Gasteiger partial charge >= 0.3 is 12.0 Å². The maximum atomic E-state index is 12.4. The number of nitro groups is 1. The van der Waals surface area contributed by atoms with Crippen LogP contribution in [0.15, 0.2) is 12.1 Å². The van der Waals surface area contributed by atoms with Crippen LogP contribution in [0.4, 0.5) is 19.0 Å². The van der Waals surface area contributed by atoms with Crippen LogP contribution in [-0.2, 0) is 6.18 Å². The van der Waals surface area contributed by atoms with Gasteiger partial charge in [0.15, 0.2) is 0 Å². The van der Waals surface area contributed by atoms with Gasteiger partial charge in [-0.25, -0.2) is 0 Å². The lowest BCUT2D eigenvalue weighted by Gasteiger charge is -2.06. The van der Waals surface area contributed by atoms with Gasteiger partial charge in [0.1, 0.15) is 5.75 Å². The molecule has 5 nitrogen and oxygen atoms in total. The molecule has 0 unspecified atom stereocenters. The van der Waals surface area contributed by atoms with E-state index in [0.717, 1.165) is 18.9 Å². The molecule has 1 saturated carbocycles. The van der Waals surface area contributed by atoms with Gasteiger partial charge in [0.25, 0.3) is 5.69 Å². The molecule has 1 aliphatic carbocycles. The summed E-state index contributed by atoms with van der Waals surface area (Å²) in [6.45, 7) is 0. The van der Waals surface area contributed by atoms with E-state index in [1.165, 1.54) is 0 Å². The second-order valence-corrected chi connectivity index (χ2v) is 3.62.